The summed E-state index contributed by atoms with van der Waals surface area (Å²) in [7, 11) is 0. The minimum Gasteiger partial charge on any atom is -0.368 e. The Kier molecular flexibility index (Phi) is 7.83. The van der Waals surface area contributed by atoms with E-state index in [0.29, 0.717) is 0 Å². The first-order valence-corrected chi connectivity index (χ1v) is 8.71. The minimum absolute atomic E-state index is 0.248. The Morgan fingerprint density at radius 3 is 2.52 bits per heavy atom. The highest BCUT2D eigenvalue weighted by Crippen LogP contribution is 2.21. The lowest BCUT2D eigenvalue weighted by molar-refractivity contribution is -0.124. The number of carbonyl (C=O) groups excluding carboxylic acids is 1. The first kappa shape index (κ1) is 18.1. The molecule has 0 saturated heterocycles. The van der Waals surface area contributed by atoms with E-state index in [0.717, 1.165) is 38.0 Å². The Labute approximate surface area is 133 Å². The Hall–Kier alpha value is -1.00. The van der Waals surface area contributed by atoms with Gasteiger partial charge in [0.1, 0.15) is 0 Å². The van der Waals surface area contributed by atoms with Crippen LogP contribution in [0.5, 0.6) is 0 Å². The van der Waals surface area contributed by atoms with Crippen molar-refractivity contribution in [1.29, 1.82) is 0 Å². The van der Waals surface area contributed by atoms with Gasteiger partial charge < -0.3 is 11.1 Å². The highest BCUT2D eigenvalue weighted by atomic mass is 32.2. The van der Waals surface area contributed by atoms with Crippen molar-refractivity contribution in [3.8, 4) is 0 Å². The molecule has 0 aliphatic rings. The molecule has 21 heavy (non-hydrogen) atoms. The van der Waals surface area contributed by atoms with Gasteiger partial charge >= 0.3 is 0 Å². The van der Waals surface area contributed by atoms with Crippen molar-refractivity contribution >= 4 is 17.7 Å². The van der Waals surface area contributed by atoms with Gasteiger partial charge in [-0.25, -0.2) is 0 Å². The number of primary amides is 1. The van der Waals surface area contributed by atoms with Gasteiger partial charge in [0.25, 0.3) is 0 Å². The first-order chi connectivity index (χ1) is 9.98. The molecule has 0 radical (unpaired) electrons. The van der Waals surface area contributed by atoms with Crippen LogP contribution in [0.15, 0.2) is 29.2 Å². The molecular formula is C17H28N2OS. The van der Waals surface area contributed by atoms with E-state index in [-0.39, 0.29) is 5.91 Å². The van der Waals surface area contributed by atoms with Gasteiger partial charge in [0.2, 0.25) is 5.91 Å². The fourth-order valence-corrected chi connectivity index (χ4v) is 3.02. The van der Waals surface area contributed by atoms with Crippen LogP contribution in [0.4, 0.5) is 0 Å². The third kappa shape index (κ3) is 6.53. The van der Waals surface area contributed by atoms with E-state index >= 15 is 0 Å². The lowest BCUT2D eigenvalue weighted by Crippen LogP contribution is -2.53. The monoisotopic (exact) mass is 308 g/mol. The molecule has 3 nitrogen and oxygen atoms in total. The lowest BCUT2D eigenvalue weighted by Gasteiger charge is -2.27. The smallest absolute Gasteiger partial charge is 0.237 e. The summed E-state index contributed by atoms with van der Waals surface area (Å²) in [5.74, 6) is 0.827. The molecule has 0 aliphatic heterocycles. The van der Waals surface area contributed by atoms with E-state index in [1.807, 2.05) is 18.7 Å². The van der Waals surface area contributed by atoms with Crippen molar-refractivity contribution in [3.63, 3.8) is 0 Å². The number of hydrogen-bond acceptors (Lipinski definition) is 3. The molecule has 1 atom stereocenters. The minimum atomic E-state index is -0.565. The molecule has 0 fully saturated rings. The standard InChI is InChI=1S/C17H28N2OS/c1-4-12-19-17(3,16(18)20)11-5-6-13-21-15-9-7-14(2)8-10-15/h7-10,19H,4-6,11-13H2,1-3H3,(H2,18,20). The van der Waals surface area contributed by atoms with Crippen LogP contribution < -0.4 is 11.1 Å². The van der Waals surface area contributed by atoms with Gasteiger partial charge in [0.15, 0.2) is 0 Å². The summed E-state index contributed by atoms with van der Waals surface area (Å²) in [6, 6.07) is 8.61. The zero-order chi connectivity index (χ0) is 15.7. The predicted octanol–water partition coefficient (Wildman–Crippen LogP) is 3.50. The molecule has 4 heteroatoms. The average molecular weight is 308 g/mol. The van der Waals surface area contributed by atoms with Crippen molar-refractivity contribution in [3.05, 3.63) is 29.8 Å². The highest BCUT2D eigenvalue weighted by Gasteiger charge is 2.29. The molecule has 0 aromatic heterocycles. The first-order valence-electron chi connectivity index (χ1n) is 7.72. The van der Waals surface area contributed by atoms with Gasteiger partial charge in [0, 0.05) is 4.90 Å². The number of rotatable bonds is 10. The molecule has 1 aromatic rings. The second-order valence-electron chi connectivity index (χ2n) is 5.74. The van der Waals surface area contributed by atoms with Gasteiger partial charge in [-0.2, -0.15) is 0 Å². The van der Waals surface area contributed by atoms with Crippen LogP contribution in [0, 0.1) is 6.92 Å². The number of amides is 1. The third-order valence-corrected chi connectivity index (χ3v) is 4.77. The van der Waals surface area contributed by atoms with Crippen LogP contribution in [-0.2, 0) is 4.79 Å². The number of benzene rings is 1. The lowest BCUT2D eigenvalue weighted by atomic mass is 9.94. The van der Waals surface area contributed by atoms with Crippen LogP contribution >= 0.6 is 11.8 Å². The second kappa shape index (κ2) is 9.11. The summed E-state index contributed by atoms with van der Waals surface area (Å²) in [5.41, 5.74) is 6.25. The zero-order valence-electron chi connectivity index (χ0n) is 13.4. The van der Waals surface area contributed by atoms with Gasteiger partial charge in [-0.1, -0.05) is 31.0 Å². The molecule has 1 unspecified atom stereocenters. The molecule has 1 amide bonds. The zero-order valence-corrected chi connectivity index (χ0v) is 14.3. The van der Waals surface area contributed by atoms with E-state index in [4.69, 9.17) is 5.73 Å². The number of aryl methyl sites for hydroxylation is 1. The highest BCUT2D eigenvalue weighted by molar-refractivity contribution is 7.99. The average Bonchev–Trinajstić information content (AvgIpc) is 2.46. The van der Waals surface area contributed by atoms with Crippen LogP contribution in [-0.4, -0.2) is 23.7 Å². The topological polar surface area (TPSA) is 55.1 Å². The van der Waals surface area contributed by atoms with Crippen LogP contribution in [0.3, 0.4) is 0 Å². The SMILES string of the molecule is CCCNC(C)(CCCCSc1ccc(C)cc1)C(N)=O. The van der Waals surface area contributed by atoms with Crippen molar-refractivity contribution in [2.75, 3.05) is 12.3 Å². The summed E-state index contributed by atoms with van der Waals surface area (Å²) >= 11 is 1.87. The predicted molar refractivity (Wildman–Crippen MR) is 91.6 cm³/mol. The van der Waals surface area contributed by atoms with E-state index in [9.17, 15) is 4.79 Å². The molecule has 3 N–H and O–H groups in total. The van der Waals surface area contributed by atoms with Gasteiger partial charge in [-0.15, -0.1) is 11.8 Å². The molecule has 0 bridgehead atoms. The maximum Gasteiger partial charge on any atom is 0.237 e. The molecule has 118 valence electrons. The van der Waals surface area contributed by atoms with Gasteiger partial charge in [0.05, 0.1) is 5.54 Å². The summed E-state index contributed by atoms with van der Waals surface area (Å²) in [6.07, 6.45) is 3.91. The molecular weight excluding hydrogens is 280 g/mol. The number of thioether (sulfide) groups is 1. The van der Waals surface area contributed by atoms with Crippen LogP contribution in [0.1, 0.15) is 45.1 Å². The van der Waals surface area contributed by atoms with Crippen molar-refractivity contribution in [1.82, 2.24) is 5.32 Å². The van der Waals surface area contributed by atoms with Crippen molar-refractivity contribution in [2.45, 2.75) is 56.9 Å². The number of unbranched alkanes of at least 4 members (excludes halogenated alkanes) is 1. The number of nitrogens with two attached hydrogens (primary N) is 1. The van der Waals surface area contributed by atoms with Crippen molar-refractivity contribution < 1.29 is 4.79 Å². The normalized spacial score (nSPS) is 13.9. The molecule has 0 aliphatic carbocycles. The van der Waals surface area contributed by atoms with Crippen LogP contribution in [0.25, 0.3) is 0 Å². The summed E-state index contributed by atoms with van der Waals surface area (Å²) in [5, 5.41) is 3.28. The molecule has 0 heterocycles. The quantitative estimate of drug-likeness (QED) is 0.514. The Bertz CT molecular complexity index is 433. The Morgan fingerprint density at radius 2 is 1.95 bits per heavy atom. The fraction of sp³-hybridized carbons (Fsp3) is 0.588. The number of nitrogens with one attached hydrogen (secondary N) is 1. The molecule has 1 aromatic carbocycles. The Morgan fingerprint density at radius 1 is 1.29 bits per heavy atom. The van der Waals surface area contributed by atoms with Crippen molar-refractivity contribution in [2.24, 2.45) is 5.73 Å². The molecule has 1 rings (SSSR count). The van der Waals surface area contributed by atoms with Gasteiger partial charge in [-0.3, -0.25) is 4.79 Å². The fourth-order valence-electron chi connectivity index (χ4n) is 2.10. The van der Waals surface area contributed by atoms with Gasteiger partial charge in [-0.05, 0) is 57.5 Å². The van der Waals surface area contributed by atoms with E-state index in [2.05, 4.69) is 43.4 Å². The number of hydrogen-bond donors (Lipinski definition) is 2. The molecule has 0 spiro atoms. The largest absolute Gasteiger partial charge is 0.368 e. The summed E-state index contributed by atoms with van der Waals surface area (Å²) < 4.78 is 0. The Balaban J connectivity index is 2.28. The maximum atomic E-state index is 11.6. The van der Waals surface area contributed by atoms with E-state index in [1.165, 1.54) is 10.5 Å². The van der Waals surface area contributed by atoms with Crippen LogP contribution in [0.2, 0.25) is 0 Å². The summed E-state index contributed by atoms with van der Waals surface area (Å²) in [4.78, 5) is 12.9. The van der Waals surface area contributed by atoms with E-state index in [1.54, 1.807) is 0 Å². The molecule has 0 saturated carbocycles. The third-order valence-electron chi connectivity index (χ3n) is 3.67. The second-order valence-corrected chi connectivity index (χ2v) is 6.91. The van der Waals surface area contributed by atoms with E-state index < -0.39 is 5.54 Å². The number of carbonyl (C=O) groups is 1. The summed E-state index contributed by atoms with van der Waals surface area (Å²) in [6.45, 7) is 6.94. The maximum absolute atomic E-state index is 11.6.